The number of sulfonamides is 1. The van der Waals surface area contributed by atoms with Crippen molar-refractivity contribution in [1.82, 2.24) is 9.71 Å². The summed E-state index contributed by atoms with van der Waals surface area (Å²) in [4.78, 5) is 4.09. The van der Waals surface area contributed by atoms with Gasteiger partial charge in [0.15, 0.2) is 0 Å². The van der Waals surface area contributed by atoms with Gasteiger partial charge in [0.25, 0.3) is 0 Å². The zero-order valence-electron chi connectivity index (χ0n) is 9.69. The van der Waals surface area contributed by atoms with Crippen molar-refractivity contribution < 1.29 is 8.42 Å². The highest BCUT2D eigenvalue weighted by atomic mass is 32.2. The van der Waals surface area contributed by atoms with E-state index in [1.54, 1.807) is 6.20 Å². The number of nitrogens with zero attached hydrogens (tertiary/aromatic N) is 1. The van der Waals surface area contributed by atoms with Crippen molar-refractivity contribution in [3.63, 3.8) is 0 Å². The van der Waals surface area contributed by atoms with Gasteiger partial charge in [-0.05, 0) is 26.0 Å². The topological polar surface area (TPSA) is 71.1 Å². The Labute approximate surface area is 96.3 Å². The number of hydrogen-bond acceptors (Lipinski definition) is 4. The quantitative estimate of drug-likeness (QED) is 0.803. The molecule has 0 unspecified atom stereocenters. The van der Waals surface area contributed by atoms with E-state index in [1.165, 1.54) is 0 Å². The first-order valence-corrected chi connectivity index (χ1v) is 6.81. The van der Waals surface area contributed by atoms with Gasteiger partial charge in [-0.25, -0.2) is 18.1 Å². The molecular formula is C10H17N3O2S. The van der Waals surface area contributed by atoms with Crippen LogP contribution in [0.5, 0.6) is 0 Å². The SMILES string of the molecule is CC(C)(CNc1ccccn1)NS(C)(=O)=O. The van der Waals surface area contributed by atoms with Gasteiger partial charge in [0.05, 0.1) is 6.26 Å². The summed E-state index contributed by atoms with van der Waals surface area (Å²) in [6.45, 7) is 4.09. The molecule has 0 spiro atoms. The van der Waals surface area contributed by atoms with Crippen LogP contribution in [0, 0.1) is 0 Å². The molecule has 0 fully saturated rings. The van der Waals surface area contributed by atoms with E-state index in [2.05, 4.69) is 15.0 Å². The van der Waals surface area contributed by atoms with Crippen LogP contribution in [-0.2, 0) is 10.0 Å². The minimum Gasteiger partial charge on any atom is -0.368 e. The van der Waals surface area contributed by atoms with Gasteiger partial charge in [-0.1, -0.05) is 6.07 Å². The highest BCUT2D eigenvalue weighted by Gasteiger charge is 2.21. The van der Waals surface area contributed by atoms with Crippen LogP contribution >= 0.6 is 0 Å². The predicted octanol–water partition coefficient (Wildman–Crippen LogP) is 0.821. The lowest BCUT2D eigenvalue weighted by Crippen LogP contribution is -2.47. The van der Waals surface area contributed by atoms with Crippen molar-refractivity contribution in [2.75, 3.05) is 18.1 Å². The van der Waals surface area contributed by atoms with Crippen molar-refractivity contribution in [3.8, 4) is 0 Å². The zero-order chi connectivity index (χ0) is 12.2. The maximum absolute atomic E-state index is 11.1. The Kier molecular flexibility index (Phi) is 3.88. The molecule has 2 N–H and O–H groups in total. The number of aromatic nitrogens is 1. The second-order valence-corrected chi connectivity index (χ2v) is 6.08. The third-order valence-corrected chi connectivity index (χ3v) is 2.76. The van der Waals surface area contributed by atoms with Gasteiger partial charge in [0.1, 0.15) is 5.82 Å². The number of anilines is 1. The highest BCUT2D eigenvalue weighted by molar-refractivity contribution is 7.88. The van der Waals surface area contributed by atoms with E-state index in [9.17, 15) is 8.42 Å². The summed E-state index contributed by atoms with van der Waals surface area (Å²) in [5.74, 6) is 0.728. The van der Waals surface area contributed by atoms with Crippen molar-refractivity contribution >= 4 is 15.8 Å². The molecule has 0 radical (unpaired) electrons. The first-order valence-electron chi connectivity index (χ1n) is 4.92. The average Bonchev–Trinajstić information content (AvgIpc) is 2.13. The van der Waals surface area contributed by atoms with Crippen LogP contribution in [0.3, 0.4) is 0 Å². The molecular weight excluding hydrogens is 226 g/mol. The molecule has 1 aromatic rings. The van der Waals surface area contributed by atoms with Gasteiger partial charge < -0.3 is 5.32 Å². The standard InChI is InChI=1S/C10H17N3O2S/c1-10(2,13-16(3,14)15)8-12-9-6-4-5-7-11-9/h4-7,13H,8H2,1-3H3,(H,11,12). The van der Waals surface area contributed by atoms with Crippen LogP contribution in [-0.4, -0.2) is 31.7 Å². The van der Waals surface area contributed by atoms with E-state index in [-0.39, 0.29) is 0 Å². The Balaban J connectivity index is 2.55. The molecule has 0 amide bonds. The molecule has 5 nitrogen and oxygen atoms in total. The van der Waals surface area contributed by atoms with Gasteiger partial charge in [0.2, 0.25) is 10.0 Å². The first kappa shape index (κ1) is 12.9. The van der Waals surface area contributed by atoms with Crippen molar-refractivity contribution in [3.05, 3.63) is 24.4 Å². The normalized spacial score (nSPS) is 12.4. The van der Waals surface area contributed by atoms with Gasteiger partial charge in [0, 0.05) is 18.3 Å². The van der Waals surface area contributed by atoms with Crippen LogP contribution < -0.4 is 10.0 Å². The highest BCUT2D eigenvalue weighted by Crippen LogP contribution is 2.07. The molecule has 16 heavy (non-hydrogen) atoms. The number of hydrogen-bond donors (Lipinski definition) is 2. The van der Waals surface area contributed by atoms with Crippen LogP contribution in [0.2, 0.25) is 0 Å². The lowest BCUT2D eigenvalue weighted by atomic mass is 10.1. The molecule has 0 bridgehead atoms. The third kappa shape index (κ3) is 5.09. The van der Waals surface area contributed by atoms with E-state index in [4.69, 9.17) is 0 Å². The van der Waals surface area contributed by atoms with E-state index in [0.29, 0.717) is 6.54 Å². The number of rotatable bonds is 5. The first-order chi connectivity index (χ1) is 7.29. The van der Waals surface area contributed by atoms with Gasteiger partial charge >= 0.3 is 0 Å². The van der Waals surface area contributed by atoms with E-state index in [0.717, 1.165) is 12.1 Å². The van der Waals surface area contributed by atoms with Crippen molar-refractivity contribution in [2.24, 2.45) is 0 Å². The van der Waals surface area contributed by atoms with E-state index < -0.39 is 15.6 Å². The van der Waals surface area contributed by atoms with E-state index in [1.807, 2.05) is 32.0 Å². The van der Waals surface area contributed by atoms with Crippen molar-refractivity contribution in [2.45, 2.75) is 19.4 Å². The molecule has 90 valence electrons. The minimum atomic E-state index is -3.20. The smallest absolute Gasteiger partial charge is 0.209 e. The Morgan fingerprint density at radius 3 is 2.56 bits per heavy atom. The lowest BCUT2D eigenvalue weighted by molar-refractivity contribution is 0.476. The Hall–Kier alpha value is -1.14. The number of nitrogens with one attached hydrogen (secondary N) is 2. The molecule has 6 heteroatoms. The second-order valence-electron chi connectivity index (χ2n) is 4.33. The molecule has 1 rings (SSSR count). The Morgan fingerprint density at radius 1 is 1.38 bits per heavy atom. The lowest BCUT2D eigenvalue weighted by Gasteiger charge is -2.25. The summed E-state index contributed by atoms with van der Waals surface area (Å²) in [6, 6.07) is 5.52. The summed E-state index contributed by atoms with van der Waals surface area (Å²) in [6.07, 6.45) is 2.83. The third-order valence-electron chi connectivity index (χ3n) is 1.84. The van der Waals surface area contributed by atoms with Gasteiger partial charge in [-0.15, -0.1) is 0 Å². The minimum absolute atomic E-state index is 0.469. The molecule has 0 aliphatic rings. The van der Waals surface area contributed by atoms with Crippen LogP contribution in [0.1, 0.15) is 13.8 Å². The number of pyridine rings is 1. The van der Waals surface area contributed by atoms with Crippen LogP contribution in [0.15, 0.2) is 24.4 Å². The summed E-state index contributed by atoms with van der Waals surface area (Å²) in [5.41, 5.74) is -0.550. The monoisotopic (exact) mass is 243 g/mol. The van der Waals surface area contributed by atoms with Crippen LogP contribution in [0.25, 0.3) is 0 Å². The fourth-order valence-electron chi connectivity index (χ4n) is 1.32. The Bertz CT molecular complexity index is 429. The maximum Gasteiger partial charge on any atom is 0.209 e. The molecule has 1 aromatic heterocycles. The Morgan fingerprint density at radius 2 is 2.06 bits per heavy atom. The molecule has 0 aliphatic carbocycles. The molecule has 0 aliphatic heterocycles. The molecule has 0 saturated carbocycles. The zero-order valence-corrected chi connectivity index (χ0v) is 10.5. The van der Waals surface area contributed by atoms with E-state index >= 15 is 0 Å². The molecule has 0 aromatic carbocycles. The molecule has 0 saturated heterocycles. The summed E-state index contributed by atoms with van der Waals surface area (Å²) < 4.78 is 24.8. The summed E-state index contributed by atoms with van der Waals surface area (Å²) in [5, 5.41) is 3.07. The van der Waals surface area contributed by atoms with Gasteiger partial charge in [-0.3, -0.25) is 0 Å². The summed E-state index contributed by atoms with van der Waals surface area (Å²) in [7, 11) is -3.20. The molecule has 0 atom stereocenters. The van der Waals surface area contributed by atoms with Crippen LogP contribution in [0.4, 0.5) is 5.82 Å². The largest absolute Gasteiger partial charge is 0.368 e. The predicted molar refractivity (Wildman–Crippen MR) is 64.8 cm³/mol. The summed E-state index contributed by atoms with van der Waals surface area (Å²) >= 11 is 0. The second kappa shape index (κ2) is 4.80. The average molecular weight is 243 g/mol. The van der Waals surface area contributed by atoms with Gasteiger partial charge in [-0.2, -0.15) is 0 Å². The molecule has 1 heterocycles. The fourth-order valence-corrected chi connectivity index (χ4v) is 2.39. The fraction of sp³-hybridized carbons (Fsp3) is 0.500. The van der Waals surface area contributed by atoms with Crippen molar-refractivity contribution in [1.29, 1.82) is 0 Å². The maximum atomic E-state index is 11.1.